The molecule has 3 fully saturated rings. The summed E-state index contributed by atoms with van der Waals surface area (Å²) in [7, 11) is 1.93. The molecule has 3 aliphatic rings. The number of pyridine rings is 1. The van der Waals surface area contributed by atoms with Gasteiger partial charge in [0.05, 0.1) is 66.9 Å². The smallest absolute Gasteiger partial charge is 0.319 e. The average molecular weight is 855 g/mol. The Bertz CT molecular complexity index is 1810. The fourth-order valence-electron chi connectivity index (χ4n) is 7.32. The van der Waals surface area contributed by atoms with E-state index >= 15 is 4.39 Å². The van der Waals surface area contributed by atoms with Gasteiger partial charge >= 0.3 is 6.01 Å². The molecular formula is C31H33FI2N8O2S. The topological polar surface area (TPSA) is 90.8 Å². The fraction of sp³-hybridized carbons (Fsp3) is 0.452. The number of hydrogen-bond donors (Lipinski definition) is 0. The number of carbonyl (C=O) groups is 1. The van der Waals surface area contributed by atoms with Gasteiger partial charge in [0.15, 0.2) is 5.82 Å². The van der Waals surface area contributed by atoms with Crippen LogP contribution in [0.2, 0.25) is 0 Å². The third kappa shape index (κ3) is 5.62. The summed E-state index contributed by atoms with van der Waals surface area (Å²) in [5, 5.41) is 1.30. The molecule has 3 aliphatic heterocycles. The standard InChI is InChI=1S/C31H33FI2N8O2S/c1-4-23(43)40-12-9-19(16-40)39(3)28-21-14-35-26(20-7-5-8-22-25(20)37-30(45-22)42(33)34)24(32)27(21)36-29(38-28)44-17-31-10-6-11-41(31)15-18(2)13-31/h4-5,7-8,14,18-19H,1,6,9-13,15-17H2,2-3H3. The molecule has 3 aromatic heterocycles. The molecule has 3 saturated heterocycles. The van der Waals surface area contributed by atoms with Crippen molar-refractivity contribution in [1.82, 2.24) is 29.7 Å². The minimum absolute atomic E-state index is 0.0196. The van der Waals surface area contributed by atoms with E-state index in [1.807, 2.05) is 31.5 Å². The monoisotopic (exact) mass is 854 g/mol. The lowest BCUT2D eigenvalue weighted by Crippen LogP contribution is -2.43. The van der Waals surface area contributed by atoms with Gasteiger partial charge < -0.3 is 14.5 Å². The summed E-state index contributed by atoms with van der Waals surface area (Å²) in [6.45, 7) is 9.66. The zero-order valence-corrected chi connectivity index (χ0v) is 30.2. The zero-order chi connectivity index (χ0) is 31.5. The first-order valence-electron chi connectivity index (χ1n) is 15.1. The largest absolute Gasteiger partial charge is 0.461 e. The lowest BCUT2D eigenvalue weighted by atomic mass is 9.92. The van der Waals surface area contributed by atoms with E-state index in [-0.39, 0.29) is 34.7 Å². The van der Waals surface area contributed by atoms with Gasteiger partial charge in [-0.2, -0.15) is 9.97 Å². The number of benzene rings is 1. The van der Waals surface area contributed by atoms with E-state index in [0.717, 1.165) is 48.6 Å². The van der Waals surface area contributed by atoms with Crippen molar-refractivity contribution in [3.63, 3.8) is 0 Å². The molecule has 0 radical (unpaired) electrons. The fourth-order valence-corrected chi connectivity index (χ4v) is 8.93. The molecule has 45 heavy (non-hydrogen) atoms. The Morgan fingerprint density at radius 3 is 2.89 bits per heavy atom. The first-order valence-corrected chi connectivity index (χ1v) is 17.8. The Labute approximate surface area is 293 Å². The summed E-state index contributed by atoms with van der Waals surface area (Å²) in [6, 6.07) is 5.86. The Hall–Kier alpha value is -2.44. The van der Waals surface area contributed by atoms with Crippen LogP contribution >= 0.6 is 57.1 Å². The maximum Gasteiger partial charge on any atom is 0.319 e. The number of aromatic nitrogens is 4. The number of hydrogen-bond acceptors (Lipinski definition) is 10. The number of likely N-dealkylation sites (tertiary alicyclic amines) is 1. The van der Waals surface area contributed by atoms with Gasteiger partial charge in [0.25, 0.3) is 0 Å². The molecule has 0 bridgehead atoms. The summed E-state index contributed by atoms with van der Waals surface area (Å²) < 4.78 is 26.0. The minimum Gasteiger partial charge on any atom is -0.461 e. The highest BCUT2D eigenvalue weighted by Gasteiger charge is 2.47. The number of likely N-dealkylation sites (N-methyl/N-ethyl adjacent to an activating group) is 1. The summed E-state index contributed by atoms with van der Waals surface area (Å²) in [4.78, 5) is 37.6. The lowest BCUT2D eigenvalue weighted by molar-refractivity contribution is -0.125. The van der Waals surface area contributed by atoms with Crippen LogP contribution < -0.4 is 11.0 Å². The number of para-hydroxylation sites is 1. The molecule has 0 saturated carbocycles. The van der Waals surface area contributed by atoms with Crippen molar-refractivity contribution in [2.24, 2.45) is 5.92 Å². The predicted molar refractivity (Wildman–Crippen MR) is 193 cm³/mol. The van der Waals surface area contributed by atoms with E-state index in [4.69, 9.17) is 19.7 Å². The van der Waals surface area contributed by atoms with Crippen molar-refractivity contribution in [3.8, 4) is 17.3 Å². The van der Waals surface area contributed by atoms with Gasteiger partial charge in [-0.05, 0) is 50.3 Å². The normalized spacial score (nSPS) is 23.2. The van der Waals surface area contributed by atoms with Gasteiger partial charge in [-0.15, -0.1) is 0 Å². The molecule has 0 aliphatic carbocycles. The summed E-state index contributed by atoms with van der Waals surface area (Å²) in [5.41, 5.74) is 1.60. The Balaban J connectivity index is 1.31. The number of carbonyl (C=O) groups excluding carboxylic acids is 1. The van der Waals surface area contributed by atoms with Crippen molar-refractivity contribution < 1.29 is 13.9 Å². The third-order valence-electron chi connectivity index (χ3n) is 9.45. The Kier molecular flexibility index (Phi) is 8.52. The van der Waals surface area contributed by atoms with Gasteiger partial charge in [-0.3, -0.25) is 14.7 Å². The van der Waals surface area contributed by atoms with E-state index in [0.29, 0.717) is 47.9 Å². The SMILES string of the molecule is C=CC(=O)N1CCC(N(C)c2nc(OCC34CCCN3CC(C)C4)nc3c(F)c(-c4cccc5sc(N(I)I)nc45)ncc23)C1. The molecule has 236 valence electrons. The maximum absolute atomic E-state index is 16.7. The Morgan fingerprint density at radius 2 is 2.09 bits per heavy atom. The molecule has 1 aromatic carbocycles. The highest BCUT2D eigenvalue weighted by molar-refractivity contribution is 14.2. The zero-order valence-electron chi connectivity index (χ0n) is 25.0. The van der Waals surface area contributed by atoms with Crippen LogP contribution in [0.15, 0.2) is 37.1 Å². The van der Waals surface area contributed by atoms with Crippen molar-refractivity contribution in [1.29, 1.82) is 0 Å². The molecule has 10 nitrogen and oxygen atoms in total. The van der Waals surface area contributed by atoms with Gasteiger partial charge in [0, 0.05) is 44.5 Å². The predicted octanol–water partition coefficient (Wildman–Crippen LogP) is 6.42. The molecule has 14 heteroatoms. The van der Waals surface area contributed by atoms with Crippen LogP contribution in [0.3, 0.4) is 0 Å². The van der Waals surface area contributed by atoms with Gasteiger partial charge in [0.1, 0.15) is 23.6 Å². The van der Waals surface area contributed by atoms with Crippen LogP contribution in [0.1, 0.15) is 32.6 Å². The molecule has 0 N–H and O–H groups in total. The number of amides is 1. The quantitative estimate of drug-likeness (QED) is 0.113. The van der Waals surface area contributed by atoms with Crippen LogP contribution in [0.25, 0.3) is 32.4 Å². The van der Waals surface area contributed by atoms with Crippen LogP contribution in [-0.2, 0) is 4.79 Å². The van der Waals surface area contributed by atoms with E-state index in [1.54, 1.807) is 11.1 Å². The number of thiazole rings is 1. The van der Waals surface area contributed by atoms with Crippen molar-refractivity contribution in [3.05, 3.63) is 42.9 Å². The molecular weight excluding hydrogens is 821 g/mol. The molecule has 7 rings (SSSR count). The van der Waals surface area contributed by atoms with Gasteiger partial charge in [-0.1, -0.05) is 37.0 Å². The number of anilines is 2. The number of ether oxygens (including phenoxy) is 1. The molecule has 3 unspecified atom stereocenters. The third-order valence-corrected chi connectivity index (χ3v) is 12.0. The number of rotatable bonds is 8. The molecule has 0 spiro atoms. The van der Waals surface area contributed by atoms with E-state index < -0.39 is 5.82 Å². The van der Waals surface area contributed by atoms with Crippen molar-refractivity contribution in [2.45, 2.75) is 44.2 Å². The summed E-state index contributed by atoms with van der Waals surface area (Å²) in [6.07, 6.45) is 7.02. The molecule has 3 atom stereocenters. The highest BCUT2D eigenvalue weighted by Crippen LogP contribution is 2.43. The Morgan fingerprint density at radius 1 is 1.24 bits per heavy atom. The minimum atomic E-state index is -0.540. The number of nitrogens with zero attached hydrogens (tertiary/aromatic N) is 8. The average Bonchev–Trinajstić information content (AvgIpc) is 3.82. The summed E-state index contributed by atoms with van der Waals surface area (Å²) >= 11 is 5.87. The van der Waals surface area contributed by atoms with Gasteiger partial charge in [-0.25, -0.2) is 10.7 Å². The first kappa shape index (κ1) is 31.2. The van der Waals surface area contributed by atoms with Crippen LogP contribution in [-0.4, -0.2) is 87.1 Å². The van der Waals surface area contributed by atoms with Crippen LogP contribution in [0.5, 0.6) is 6.01 Å². The highest BCUT2D eigenvalue weighted by atomic mass is 127. The molecule has 1 amide bonds. The van der Waals surface area contributed by atoms with E-state index in [9.17, 15) is 4.79 Å². The molecule has 4 aromatic rings. The second kappa shape index (κ2) is 12.3. The molecule has 6 heterocycles. The summed E-state index contributed by atoms with van der Waals surface area (Å²) in [5.74, 6) is 0.495. The second-order valence-corrected chi connectivity index (χ2v) is 17.1. The van der Waals surface area contributed by atoms with Crippen LogP contribution in [0.4, 0.5) is 15.3 Å². The van der Waals surface area contributed by atoms with Gasteiger partial charge in [0.2, 0.25) is 11.0 Å². The van der Waals surface area contributed by atoms with Crippen LogP contribution in [0, 0.1) is 11.7 Å². The number of halogens is 3. The second-order valence-electron chi connectivity index (χ2n) is 12.3. The lowest BCUT2D eigenvalue weighted by Gasteiger charge is -2.31. The van der Waals surface area contributed by atoms with E-state index in [1.165, 1.54) is 17.4 Å². The van der Waals surface area contributed by atoms with Crippen molar-refractivity contribution >= 4 is 95.0 Å². The number of fused-ring (bicyclic) bond motifs is 3. The maximum atomic E-state index is 16.7. The first-order chi connectivity index (χ1) is 21.7. The van der Waals surface area contributed by atoms with Crippen molar-refractivity contribution in [2.75, 3.05) is 46.1 Å². The van der Waals surface area contributed by atoms with E-state index in [2.05, 4.69) is 69.1 Å².